The van der Waals surface area contributed by atoms with Crippen LogP contribution in [0.3, 0.4) is 0 Å². The van der Waals surface area contributed by atoms with Crippen LogP contribution in [0.5, 0.6) is 0 Å². The zero-order valence-corrected chi connectivity index (χ0v) is 17.5. The summed E-state index contributed by atoms with van der Waals surface area (Å²) >= 11 is 5.92. The van der Waals surface area contributed by atoms with Gasteiger partial charge in [0.25, 0.3) is 0 Å². The first kappa shape index (κ1) is 20.3. The van der Waals surface area contributed by atoms with Crippen molar-refractivity contribution in [2.24, 2.45) is 0 Å². The molecule has 7 heteroatoms. The molecule has 3 aromatic rings. The van der Waals surface area contributed by atoms with Gasteiger partial charge >= 0.3 is 0 Å². The van der Waals surface area contributed by atoms with E-state index >= 15 is 0 Å². The molecule has 1 fully saturated rings. The highest BCUT2D eigenvalue weighted by molar-refractivity contribution is 6.30. The van der Waals surface area contributed by atoms with Gasteiger partial charge in [-0.25, -0.2) is 0 Å². The average Bonchev–Trinajstić information content (AvgIpc) is 3.22. The molecule has 0 spiro atoms. The molecule has 2 heterocycles. The molecular formula is C23H23ClN4O2. The smallest absolute Gasteiger partial charge is 0.246 e. The summed E-state index contributed by atoms with van der Waals surface area (Å²) in [5.74, 6) is 1.16. The van der Waals surface area contributed by atoms with Crippen LogP contribution >= 0.6 is 11.6 Å². The minimum Gasteiger partial charge on any atom is -0.338 e. The molecule has 6 nitrogen and oxygen atoms in total. The highest BCUT2D eigenvalue weighted by atomic mass is 35.5. The van der Waals surface area contributed by atoms with E-state index in [1.165, 1.54) is 0 Å². The Morgan fingerprint density at radius 1 is 1.10 bits per heavy atom. The molecular weight excluding hydrogens is 400 g/mol. The Hall–Kier alpha value is -2.96. The van der Waals surface area contributed by atoms with Crippen molar-refractivity contribution in [3.8, 4) is 11.4 Å². The Balaban J connectivity index is 1.29. The summed E-state index contributed by atoms with van der Waals surface area (Å²) in [6.45, 7) is 5.50. The summed E-state index contributed by atoms with van der Waals surface area (Å²) in [4.78, 5) is 21.1. The molecule has 1 amide bonds. The number of carbonyl (C=O) groups is 1. The molecule has 1 aromatic heterocycles. The van der Waals surface area contributed by atoms with Gasteiger partial charge < -0.3 is 9.42 Å². The zero-order chi connectivity index (χ0) is 20.9. The number of nitrogens with zero attached hydrogens (tertiary/aromatic N) is 4. The molecule has 0 aliphatic carbocycles. The summed E-state index contributed by atoms with van der Waals surface area (Å²) in [5, 5.41) is 4.73. The molecule has 0 radical (unpaired) electrons. The first-order valence-electron chi connectivity index (χ1n) is 9.92. The first-order chi connectivity index (χ1) is 14.6. The van der Waals surface area contributed by atoms with Gasteiger partial charge in [0.15, 0.2) is 0 Å². The Labute approximate surface area is 180 Å². The number of aryl methyl sites for hydroxylation is 1. The van der Waals surface area contributed by atoms with Crippen LogP contribution in [0.25, 0.3) is 17.5 Å². The third kappa shape index (κ3) is 4.96. The van der Waals surface area contributed by atoms with Crippen molar-refractivity contribution < 1.29 is 9.32 Å². The number of hydrogen-bond donors (Lipinski definition) is 0. The molecule has 0 atom stereocenters. The standard InChI is InChI=1S/C23H23ClN4O2/c1-17-4-2-3-5-18(17)8-11-22(29)28-14-12-27(13-15-28)16-21-25-23(26-30-21)19-6-9-20(24)10-7-19/h2-11H,12-16H2,1H3/b11-8+. The SMILES string of the molecule is Cc1ccccc1/C=C/C(=O)N1CCN(Cc2nc(-c3ccc(Cl)cc3)no2)CC1. The van der Waals surface area contributed by atoms with E-state index in [0.29, 0.717) is 36.4 Å². The Morgan fingerprint density at radius 3 is 2.57 bits per heavy atom. The predicted molar refractivity (Wildman–Crippen MR) is 117 cm³/mol. The lowest BCUT2D eigenvalue weighted by molar-refractivity contribution is -0.127. The lowest BCUT2D eigenvalue weighted by Gasteiger charge is -2.33. The second-order valence-electron chi connectivity index (χ2n) is 7.31. The van der Waals surface area contributed by atoms with E-state index in [2.05, 4.69) is 15.0 Å². The van der Waals surface area contributed by atoms with E-state index < -0.39 is 0 Å². The average molecular weight is 423 g/mol. The third-order valence-electron chi connectivity index (χ3n) is 5.21. The van der Waals surface area contributed by atoms with Crippen LogP contribution in [0.1, 0.15) is 17.0 Å². The van der Waals surface area contributed by atoms with Crippen LogP contribution in [0.2, 0.25) is 5.02 Å². The second-order valence-corrected chi connectivity index (χ2v) is 7.75. The van der Waals surface area contributed by atoms with Crippen LogP contribution < -0.4 is 0 Å². The number of halogens is 1. The van der Waals surface area contributed by atoms with Crippen LogP contribution in [-0.2, 0) is 11.3 Å². The van der Waals surface area contributed by atoms with E-state index in [9.17, 15) is 4.79 Å². The van der Waals surface area contributed by atoms with Gasteiger partial charge in [-0.15, -0.1) is 0 Å². The number of aromatic nitrogens is 2. The summed E-state index contributed by atoms with van der Waals surface area (Å²) in [6, 6.07) is 15.4. The highest BCUT2D eigenvalue weighted by Gasteiger charge is 2.21. The second kappa shape index (κ2) is 9.24. The lowest BCUT2D eigenvalue weighted by Crippen LogP contribution is -2.47. The molecule has 1 aliphatic heterocycles. The molecule has 1 saturated heterocycles. The normalized spacial score (nSPS) is 15.1. The van der Waals surface area contributed by atoms with E-state index in [0.717, 1.165) is 29.8 Å². The molecule has 30 heavy (non-hydrogen) atoms. The topological polar surface area (TPSA) is 62.5 Å². The Morgan fingerprint density at radius 2 is 1.83 bits per heavy atom. The largest absolute Gasteiger partial charge is 0.338 e. The predicted octanol–water partition coefficient (Wildman–Crippen LogP) is 4.06. The number of piperazine rings is 1. The molecule has 0 saturated carbocycles. The van der Waals surface area contributed by atoms with Gasteiger partial charge in [-0.2, -0.15) is 4.98 Å². The van der Waals surface area contributed by atoms with Crippen LogP contribution in [-0.4, -0.2) is 52.0 Å². The third-order valence-corrected chi connectivity index (χ3v) is 5.46. The van der Waals surface area contributed by atoms with Crippen molar-refractivity contribution in [2.45, 2.75) is 13.5 Å². The monoisotopic (exact) mass is 422 g/mol. The van der Waals surface area contributed by atoms with Gasteiger partial charge in [0.1, 0.15) is 0 Å². The van der Waals surface area contributed by atoms with Crippen molar-refractivity contribution >= 4 is 23.6 Å². The minimum atomic E-state index is 0.0423. The van der Waals surface area contributed by atoms with Crippen molar-refractivity contribution in [2.75, 3.05) is 26.2 Å². The zero-order valence-electron chi connectivity index (χ0n) is 16.8. The van der Waals surface area contributed by atoms with Gasteiger partial charge in [0.05, 0.1) is 6.54 Å². The quantitative estimate of drug-likeness (QED) is 0.580. The number of rotatable bonds is 5. The fourth-order valence-electron chi connectivity index (χ4n) is 3.39. The highest BCUT2D eigenvalue weighted by Crippen LogP contribution is 2.19. The number of benzene rings is 2. The van der Waals surface area contributed by atoms with Crippen molar-refractivity contribution in [3.05, 3.63) is 76.6 Å². The Bertz CT molecular complexity index is 1040. The van der Waals surface area contributed by atoms with Crippen LogP contribution in [0, 0.1) is 6.92 Å². The number of amides is 1. The molecule has 1 aliphatic rings. The lowest BCUT2D eigenvalue weighted by atomic mass is 10.1. The molecule has 0 N–H and O–H groups in total. The summed E-state index contributed by atoms with van der Waals surface area (Å²) in [6.07, 6.45) is 3.55. The molecule has 4 rings (SSSR count). The first-order valence-corrected chi connectivity index (χ1v) is 10.3. The fourth-order valence-corrected chi connectivity index (χ4v) is 3.52. The van der Waals surface area contributed by atoms with Gasteiger partial charge in [-0.3, -0.25) is 9.69 Å². The van der Waals surface area contributed by atoms with Gasteiger partial charge in [0, 0.05) is 42.8 Å². The molecule has 2 aromatic carbocycles. The Kier molecular flexibility index (Phi) is 6.26. The van der Waals surface area contributed by atoms with Gasteiger partial charge in [0.2, 0.25) is 17.6 Å². The van der Waals surface area contributed by atoms with Gasteiger partial charge in [-0.05, 0) is 48.4 Å². The summed E-state index contributed by atoms with van der Waals surface area (Å²) in [7, 11) is 0. The van der Waals surface area contributed by atoms with Crippen LogP contribution in [0.15, 0.2) is 59.1 Å². The molecule has 154 valence electrons. The molecule has 0 unspecified atom stereocenters. The maximum Gasteiger partial charge on any atom is 0.246 e. The number of hydrogen-bond acceptors (Lipinski definition) is 5. The fraction of sp³-hybridized carbons (Fsp3) is 0.261. The summed E-state index contributed by atoms with van der Waals surface area (Å²) < 4.78 is 5.40. The maximum atomic E-state index is 12.5. The van der Waals surface area contributed by atoms with Crippen LogP contribution in [0.4, 0.5) is 0 Å². The molecule has 0 bridgehead atoms. The van der Waals surface area contributed by atoms with E-state index in [1.807, 2.05) is 54.3 Å². The van der Waals surface area contributed by atoms with Crippen molar-refractivity contribution in [1.29, 1.82) is 0 Å². The van der Waals surface area contributed by atoms with Gasteiger partial charge in [-0.1, -0.05) is 41.0 Å². The van der Waals surface area contributed by atoms with E-state index in [1.54, 1.807) is 18.2 Å². The van der Waals surface area contributed by atoms with E-state index in [4.69, 9.17) is 16.1 Å². The van der Waals surface area contributed by atoms with E-state index in [-0.39, 0.29) is 5.91 Å². The minimum absolute atomic E-state index is 0.0423. The summed E-state index contributed by atoms with van der Waals surface area (Å²) in [5.41, 5.74) is 3.09. The van der Waals surface area contributed by atoms with Crippen molar-refractivity contribution in [3.63, 3.8) is 0 Å². The van der Waals surface area contributed by atoms with Crippen molar-refractivity contribution in [1.82, 2.24) is 19.9 Å². The maximum absolute atomic E-state index is 12.5. The number of carbonyl (C=O) groups excluding carboxylic acids is 1.